The summed E-state index contributed by atoms with van der Waals surface area (Å²) in [7, 11) is 2.79. The van der Waals surface area contributed by atoms with Gasteiger partial charge in [-0.25, -0.2) is 4.79 Å². The summed E-state index contributed by atoms with van der Waals surface area (Å²) in [6.45, 7) is 1.89. The predicted molar refractivity (Wildman–Crippen MR) is 140 cm³/mol. The van der Waals surface area contributed by atoms with Crippen LogP contribution in [-0.4, -0.2) is 48.7 Å². The van der Waals surface area contributed by atoms with Gasteiger partial charge in [0.25, 0.3) is 11.7 Å². The molecule has 3 aromatic carbocycles. The molecule has 1 fully saturated rings. The van der Waals surface area contributed by atoms with Crippen molar-refractivity contribution >= 4 is 40.7 Å². The van der Waals surface area contributed by atoms with Gasteiger partial charge in [-0.2, -0.15) is 0 Å². The van der Waals surface area contributed by atoms with Crippen LogP contribution in [0.25, 0.3) is 5.76 Å². The molecule has 3 aromatic rings. The molecule has 9 nitrogen and oxygen atoms in total. The average Bonchev–Trinajstić information content (AvgIpc) is 3.18. The highest BCUT2D eigenvalue weighted by Crippen LogP contribution is 2.45. The maximum Gasteiger partial charge on any atom is 0.338 e. The summed E-state index contributed by atoms with van der Waals surface area (Å²) < 4.78 is 15.6. The van der Waals surface area contributed by atoms with E-state index in [-0.39, 0.29) is 51.3 Å². The van der Waals surface area contributed by atoms with E-state index in [1.165, 1.54) is 67.7 Å². The molecule has 0 aromatic heterocycles. The minimum absolute atomic E-state index is 0.0686. The number of hydrogen-bond acceptors (Lipinski definition) is 8. The quantitative estimate of drug-likeness (QED) is 0.189. The average molecular weight is 538 g/mol. The van der Waals surface area contributed by atoms with E-state index in [1.807, 2.05) is 0 Å². The number of halogens is 1. The number of esters is 1. The first kappa shape index (κ1) is 26.6. The van der Waals surface area contributed by atoms with Crippen LogP contribution in [0.5, 0.6) is 17.2 Å². The number of hydrogen-bond donors (Lipinski definition) is 2. The molecule has 0 spiro atoms. The molecule has 1 aliphatic heterocycles. The molecule has 0 aliphatic carbocycles. The number of Topliss-reactive ketones (excluding diaryl/α,β-unsaturated/α-hetero) is 1. The van der Waals surface area contributed by atoms with Gasteiger partial charge in [0, 0.05) is 11.8 Å². The molecule has 10 heteroatoms. The zero-order valence-electron chi connectivity index (χ0n) is 20.7. The van der Waals surface area contributed by atoms with Gasteiger partial charge < -0.3 is 24.4 Å². The molecule has 1 atom stereocenters. The molecule has 196 valence electrons. The lowest BCUT2D eigenvalue weighted by Gasteiger charge is -2.26. The van der Waals surface area contributed by atoms with E-state index < -0.39 is 29.5 Å². The molecule has 4 rings (SSSR count). The number of anilines is 1. The van der Waals surface area contributed by atoms with Crippen molar-refractivity contribution in [1.29, 1.82) is 0 Å². The number of carbonyl (C=O) groups excluding carboxylic acids is 3. The first-order valence-electron chi connectivity index (χ1n) is 11.5. The number of methoxy groups -OCH3 is 2. The fraction of sp³-hybridized carbons (Fsp3) is 0.179. The third-order valence-corrected chi connectivity index (χ3v) is 6.31. The van der Waals surface area contributed by atoms with Gasteiger partial charge in [-0.3, -0.25) is 14.5 Å². The van der Waals surface area contributed by atoms with Crippen molar-refractivity contribution in [1.82, 2.24) is 0 Å². The largest absolute Gasteiger partial charge is 0.508 e. The lowest BCUT2D eigenvalue weighted by molar-refractivity contribution is -0.132. The fourth-order valence-electron chi connectivity index (χ4n) is 4.27. The van der Waals surface area contributed by atoms with Crippen LogP contribution >= 0.6 is 11.6 Å². The zero-order valence-corrected chi connectivity index (χ0v) is 21.5. The van der Waals surface area contributed by atoms with Crippen molar-refractivity contribution in [2.75, 3.05) is 25.7 Å². The highest BCUT2D eigenvalue weighted by atomic mass is 35.5. The summed E-state index contributed by atoms with van der Waals surface area (Å²) in [5.74, 6) is -2.59. The van der Waals surface area contributed by atoms with Crippen LogP contribution in [0.3, 0.4) is 0 Å². The monoisotopic (exact) mass is 537 g/mol. The van der Waals surface area contributed by atoms with Crippen LogP contribution in [0.1, 0.15) is 34.5 Å². The molecule has 2 N–H and O–H groups in total. The number of aromatic hydroxyl groups is 1. The van der Waals surface area contributed by atoms with Crippen molar-refractivity contribution in [3.8, 4) is 17.2 Å². The highest BCUT2D eigenvalue weighted by Gasteiger charge is 2.47. The molecule has 38 heavy (non-hydrogen) atoms. The van der Waals surface area contributed by atoms with E-state index in [0.717, 1.165) is 0 Å². The molecule has 1 unspecified atom stereocenters. The lowest BCUT2D eigenvalue weighted by atomic mass is 9.94. The number of amides is 1. The summed E-state index contributed by atoms with van der Waals surface area (Å²) in [5, 5.41) is 21.7. The second kappa shape index (κ2) is 10.9. The van der Waals surface area contributed by atoms with Crippen LogP contribution < -0.4 is 14.4 Å². The van der Waals surface area contributed by atoms with Gasteiger partial charge in [0.05, 0.1) is 48.6 Å². The summed E-state index contributed by atoms with van der Waals surface area (Å²) >= 11 is 6.29. The maximum atomic E-state index is 13.4. The number of aliphatic hydroxyl groups excluding tert-OH is 1. The molecular weight excluding hydrogens is 514 g/mol. The number of phenolic OH excluding ortho intramolecular Hbond substituents is 1. The molecule has 1 aliphatic rings. The van der Waals surface area contributed by atoms with Crippen molar-refractivity contribution in [3.05, 3.63) is 87.9 Å². The summed E-state index contributed by atoms with van der Waals surface area (Å²) in [6.07, 6.45) is 0. The first-order chi connectivity index (χ1) is 18.2. The first-order valence-corrected chi connectivity index (χ1v) is 11.9. The van der Waals surface area contributed by atoms with Gasteiger partial charge in [-0.15, -0.1) is 0 Å². The van der Waals surface area contributed by atoms with Crippen LogP contribution in [-0.2, 0) is 14.3 Å². The Balaban J connectivity index is 1.92. The summed E-state index contributed by atoms with van der Waals surface area (Å²) in [4.78, 5) is 40.0. The highest BCUT2D eigenvalue weighted by molar-refractivity contribution is 6.51. The van der Waals surface area contributed by atoms with E-state index in [9.17, 15) is 24.6 Å². The molecule has 0 bridgehead atoms. The van der Waals surface area contributed by atoms with Crippen molar-refractivity contribution in [2.24, 2.45) is 0 Å². The third-order valence-electron chi connectivity index (χ3n) is 6.02. The Kier molecular flexibility index (Phi) is 7.59. The smallest absolute Gasteiger partial charge is 0.338 e. The number of nitrogens with zero attached hydrogens (tertiary/aromatic N) is 1. The normalized spacial score (nSPS) is 16.4. The molecule has 0 radical (unpaired) electrons. The third kappa shape index (κ3) is 4.76. The van der Waals surface area contributed by atoms with E-state index in [2.05, 4.69) is 0 Å². The van der Waals surface area contributed by atoms with Crippen LogP contribution in [0, 0.1) is 0 Å². The predicted octanol–water partition coefficient (Wildman–Crippen LogP) is 4.87. The fourth-order valence-corrected chi connectivity index (χ4v) is 4.51. The van der Waals surface area contributed by atoms with Gasteiger partial charge in [0.1, 0.15) is 23.0 Å². The number of benzene rings is 3. The Morgan fingerprint density at radius 1 is 1.00 bits per heavy atom. The standard InChI is InChI=1S/C28H24ClNO8/c1-4-38-28(35)15-8-10-17(11-9-15)30-24(16-6-5-7-18(31)12-16)23(26(33)27(30)34)25(32)19-13-20(29)22(37-3)14-21(19)36-2/h5-14,24,31-32H,4H2,1-3H3/b25-23+. The Morgan fingerprint density at radius 3 is 2.29 bits per heavy atom. The van der Waals surface area contributed by atoms with E-state index in [4.69, 9.17) is 25.8 Å². The molecule has 1 heterocycles. The number of ketones is 1. The topological polar surface area (TPSA) is 123 Å². The number of carbonyl (C=O) groups is 3. The summed E-state index contributed by atoms with van der Waals surface area (Å²) in [6, 6.07) is 13.6. The van der Waals surface area contributed by atoms with Gasteiger partial charge >= 0.3 is 5.97 Å². The Morgan fingerprint density at radius 2 is 1.68 bits per heavy atom. The van der Waals surface area contributed by atoms with E-state index in [1.54, 1.807) is 19.1 Å². The van der Waals surface area contributed by atoms with Gasteiger partial charge in [0.15, 0.2) is 0 Å². The maximum absolute atomic E-state index is 13.4. The van der Waals surface area contributed by atoms with Gasteiger partial charge in [0.2, 0.25) is 0 Å². The molecular formula is C28H24ClNO8. The number of phenols is 1. The van der Waals surface area contributed by atoms with E-state index >= 15 is 0 Å². The number of ether oxygens (including phenoxy) is 3. The van der Waals surface area contributed by atoms with Crippen LogP contribution in [0.2, 0.25) is 5.02 Å². The molecule has 0 saturated carbocycles. The van der Waals surface area contributed by atoms with Gasteiger partial charge in [-0.05, 0) is 55.0 Å². The SMILES string of the molecule is CCOC(=O)c1ccc(N2C(=O)C(=O)/C(=C(/O)c3cc(Cl)c(OC)cc3OC)C2c2cccc(O)c2)cc1. The second-order valence-electron chi connectivity index (χ2n) is 8.22. The Labute approximate surface area is 223 Å². The lowest BCUT2D eigenvalue weighted by Crippen LogP contribution is -2.29. The minimum atomic E-state index is -1.12. The van der Waals surface area contributed by atoms with Crippen molar-refractivity contribution in [2.45, 2.75) is 13.0 Å². The van der Waals surface area contributed by atoms with Crippen molar-refractivity contribution < 1.29 is 38.8 Å². The zero-order chi connectivity index (χ0) is 27.6. The van der Waals surface area contributed by atoms with Crippen LogP contribution in [0.15, 0.2) is 66.2 Å². The second-order valence-corrected chi connectivity index (χ2v) is 8.63. The minimum Gasteiger partial charge on any atom is -0.508 e. The van der Waals surface area contributed by atoms with E-state index in [0.29, 0.717) is 5.56 Å². The van der Waals surface area contributed by atoms with Gasteiger partial charge in [-0.1, -0.05) is 23.7 Å². The molecule has 1 saturated heterocycles. The van der Waals surface area contributed by atoms with Crippen LogP contribution in [0.4, 0.5) is 5.69 Å². The van der Waals surface area contributed by atoms with Crippen molar-refractivity contribution in [3.63, 3.8) is 0 Å². The number of aliphatic hydroxyl groups is 1. The molecule has 1 amide bonds. The Hall–Kier alpha value is -4.50. The Bertz CT molecular complexity index is 1450. The number of rotatable bonds is 7. The summed E-state index contributed by atoms with van der Waals surface area (Å²) in [5.41, 5.74) is 0.735.